The summed E-state index contributed by atoms with van der Waals surface area (Å²) >= 11 is 0. The van der Waals surface area contributed by atoms with Gasteiger partial charge in [-0.15, -0.1) is 0 Å². The number of fused-ring (bicyclic) bond motifs is 1. The molecule has 0 amide bonds. The number of nitrogens with two attached hydrogens (primary N) is 2. The van der Waals surface area contributed by atoms with Gasteiger partial charge in [0, 0.05) is 0 Å². The molecule has 0 bridgehead atoms. The largest absolute Gasteiger partial charge is 0.469 e. The summed E-state index contributed by atoms with van der Waals surface area (Å²) < 4.78 is 25.1. The zero-order chi connectivity index (χ0) is 19.0. The van der Waals surface area contributed by atoms with Gasteiger partial charge in [-0.3, -0.25) is 9.36 Å². The first-order chi connectivity index (χ1) is 12.4. The first-order valence-electron chi connectivity index (χ1n) is 7.84. The van der Waals surface area contributed by atoms with Crippen LogP contribution >= 0.6 is 0 Å². The number of imidazole rings is 1. The Balaban J connectivity index is 1.96. The van der Waals surface area contributed by atoms with Crippen LogP contribution in [0.2, 0.25) is 0 Å². The van der Waals surface area contributed by atoms with Crippen molar-refractivity contribution in [2.24, 2.45) is 11.7 Å². The van der Waals surface area contributed by atoms with E-state index < -0.39 is 42.5 Å². The Kier molecular flexibility index (Phi) is 5.00. The Morgan fingerprint density at radius 2 is 2.19 bits per heavy atom. The fraction of sp³-hybridized carbons (Fsp3) is 0.571. The van der Waals surface area contributed by atoms with Crippen molar-refractivity contribution in [2.45, 2.75) is 31.0 Å². The van der Waals surface area contributed by atoms with Gasteiger partial charge in [-0.2, -0.15) is 14.4 Å². The molecular formula is C14H19FN6O5. The van der Waals surface area contributed by atoms with Crippen molar-refractivity contribution >= 4 is 23.0 Å². The Bertz CT molecular complexity index is 816. The minimum atomic E-state index is -1.43. The molecule has 1 aliphatic rings. The van der Waals surface area contributed by atoms with Gasteiger partial charge >= 0.3 is 12.0 Å². The molecule has 2 aromatic rings. The number of aromatic nitrogens is 4. The summed E-state index contributed by atoms with van der Waals surface area (Å²) in [5, 5.41) is 20.8. The van der Waals surface area contributed by atoms with E-state index in [1.165, 1.54) is 18.0 Å². The summed E-state index contributed by atoms with van der Waals surface area (Å²) in [6, 6.07) is 0. The minimum absolute atomic E-state index is 0.0136. The van der Waals surface area contributed by atoms with Crippen LogP contribution in [-0.2, 0) is 14.3 Å². The fourth-order valence-corrected chi connectivity index (χ4v) is 3.09. The van der Waals surface area contributed by atoms with Crippen molar-refractivity contribution in [2.75, 3.05) is 19.4 Å². The molecule has 26 heavy (non-hydrogen) atoms. The highest BCUT2D eigenvalue weighted by Crippen LogP contribution is 2.36. The van der Waals surface area contributed by atoms with Crippen LogP contribution in [0.25, 0.3) is 11.2 Å². The van der Waals surface area contributed by atoms with Gasteiger partial charge in [0.25, 0.3) is 0 Å². The third-order valence-corrected chi connectivity index (χ3v) is 4.35. The molecule has 6 N–H and O–H groups in total. The fourth-order valence-electron chi connectivity index (χ4n) is 3.09. The quantitative estimate of drug-likeness (QED) is 0.351. The molecule has 0 saturated carbocycles. The van der Waals surface area contributed by atoms with Crippen LogP contribution in [0, 0.1) is 12.0 Å². The normalized spacial score (nSPS) is 27.0. The van der Waals surface area contributed by atoms with Gasteiger partial charge in [-0.25, -0.2) is 4.98 Å². The molecule has 1 saturated heterocycles. The molecule has 12 heteroatoms. The highest BCUT2D eigenvalue weighted by Gasteiger charge is 2.49. The van der Waals surface area contributed by atoms with Crippen LogP contribution in [0.15, 0.2) is 6.33 Å². The molecule has 3 rings (SSSR count). The average Bonchev–Trinajstić information content (AvgIpc) is 3.14. The van der Waals surface area contributed by atoms with Gasteiger partial charge in [-0.1, -0.05) is 0 Å². The van der Waals surface area contributed by atoms with Crippen LogP contribution in [0.5, 0.6) is 0 Å². The number of methoxy groups -OCH3 is 1. The summed E-state index contributed by atoms with van der Waals surface area (Å²) in [5.74, 6) is -1.68. The second-order valence-corrected chi connectivity index (χ2v) is 5.88. The summed E-state index contributed by atoms with van der Waals surface area (Å²) in [5.41, 5.74) is 11.2. The SMILES string of the molecule is COC(=O)C(CCN)[C@H]1O[C@@H](n2cnc3c(N)nc(F)nc32)[C@H](O)[C@@H]1O. The van der Waals surface area contributed by atoms with Crippen LogP contribution in [0.1, 0.15) is 12.6 Å². The maximum atomic E-state index is 13.5. The van der Waals surface area contributed by atoms with E-state index in [0.717, 1.165) is 0 Å². The number of aliphatic hydroxyl groups excluding tert-OH is 2. The first-order valence-corrected chi connectivity index (χ1v) is 7.84. The van der Waals surface area contributed by atoms with Crippen molar-refractivity contribution < 1.29 is 28.9 Å². The van der Waals surface area contributed by atoms with E-state index >= 15 is 0 Å². The molecule has 142 valence electrons. The molecule has 5 atom stereocenters. The van der Waals surface area contributed by atoms with E-state index in [1.807, 2.05) is 0 Å². The summed E-state index contributed by atoms with van der Waals surface area (Å²) in [6.45, 7) is 0.149. The molecule has 2 aromatic heterocycles. The number of nitrogen functional groups attached to an aromatic ring is 1. The second-order valence-electron chi connectivity index (χ2n) is 5.88. The summed E-state index contributed by atoms with van der Waals surface area (Å²) in [7, 11) is 1.20. The number of hydrogen-bond donors (Lipinski definition) is 4. The zero-order valence-corrected chi connectivity index (χ0v) is 13.8. The molecule has 1 aliphatic heterocycles. The van der Waals surface area contributed by atoms with Crippen LogP contribution in [-0.4, -0.2) is 67.7 Å². The van der Waals surface area contributed by atoms with E-state index in [1.54, 1.807) is 0 Å². The van der Waals surface area contributed by atoms with E-state index in [0.29, 0.717) is 0 Å². The van der Waals surface area contributed by atoms with Crippen molar-refractivity contribution in [3.8, 4) is 0 Å². The number of aliphatic hydroxyl groups is 2. The lowest BCUT2D eigenvalue weighted by molar-refractivity contribution is -0.154. The third kappa shape index (κ3) is 2.96. The van der Waals surface area contributed by atoms with Gasteiger partial charge in [-0.05, 0) is 13.0 Å². The first kappa shape index (κ1) is 18.4. The van der Waals surface area contributed by atoms with E-state index in [2.05, 4.69) is 15.0 Å². The van der Waals surface area contributed by atoms with Crippen molar-refractivity contribution in [1.82, 2.24) is 19.5 Å². The van der Waals surface area contributed by atoms with Gasteiger partial charge in [0.05, 0.1) is 19.4 Å². The Labute approximate surface area is 146 Å². The number of esters is 1. The number of carbonyl (C=O) groups is 1. The molecule has 0 aliphatic carbocycles. The smallest absolute Gasteiger partial charge is 0.312 e. The van der Waals surface area contributed by atoms with Gasteiger partial charge in [0.1, 0.15) is 18.3 Å². The molecule has 1 fully saturated rings. The molecule has 0 spiro atoms. The van der Waals surface area contributed by atoms with Crippen LogP contribution < -0.4 is 11.5 Å². The van der Waals surface area contributed by atoms with Crippen molar-refractivity contribution in [3.63, 3.8) is 0 Å². The Morgan fingerprint density at radius 3 is 2.85 bits per heavy atom. The highest BCUT2D eigenvalue weighted by atomic mass is 19.1. The maximum absolute atomic E-state index is 13.5. The second kappa shape index (κ2) is 7.07. The average molecular weight is 370 g/mol. The van der Waals surface area contributed by atoms with Crippen molar-refractivity contribution in [1.29, 1.82) is 0 Å². The number of anilines is 1. The Morgan fingerprint density at radius 1 is 1.46 bits per heavy atom. The molecule has 0 aromatic carbocycles. The van der Waals surface area contributed by atoms with Crippen LogP contribution in [0.4, 0.5) is 10.2 Å². The number of halogens is 1. The van der Waals surface area contributed by atoms with E-state index in [4.69, 9.17) is 20.9 Å². The highest BCUT2D eigenvalue weighted by molar-refractivity contribution is 5.81. The molecule has 11 nitrogen and oxygen atoms in total. The number of hydrogen-bond acceptors (Lipinski definition) is 10. The lowest BCUT2D eigenvalue weighted by atomic mass is 9.93. The Hall–Kier alpha value is -2.41. The lowest BCUT2D eigenvalue weighted by Gasteiger charge is -2.23. The number of carbonyl (C=O) groups excluding carboxylic acids is 1. The molecule has 3 heterocycles. The van der Waals surface area contributed by atoms with Crippen molar-refractivity contribution in [3.05, 3.63) is 12.4 Å². The van der Waals surface area contributed by atoms with Gasteiger partial charge < -0.3 is 31.2 Å². The number of nitrogens with zero attached hydrogens (tertiary/aromatic N) is 4. The van der Waals surface area contributed by atoms with Gasteiger partial charge in [0.2, 0.25) is 0 Å². The minimum Gasteiger partial charge on any atom is -0.469 e. The molecule has 0 radical (unpaired) electrons. The summed E-state index contributed by atoms with van der Waals surface area (Å²) in [6.07, 6.45) is -4.74. The number of rotatable bonds is 5. The number of ether oxygens (including phenoxy) is 2. The third-order valence-electron chi connectivity index (χ3n) is 4.35. The molecule has 1 unspecified atom stereocenters. The maximum Gasteiger partial charge on any atom is 0.312 e. The van der Waals surface area contributed by atoms with Crippen LogP contribution in [0.3, 0.4) is 0 Å². The predicted molar refractivity (Wildman–Crippen MR) is 84.8 cm³/mol. The standard InChI is InChI=1S/C14H19FN6O5/c1-25-13(24)5(2-3-16)9-7(22)8(23)12(26-9)21-4-18-6-10(17)19-14(15)20-11(6)21/h4-5,7-9,12,22-23H,2-3,16H2,1H3,(H2,17,19,20)/t5?,7-,8+,9+,12+/m0/s1. The van der Waals surface area contributed by atoms with E-state index in [9.17, 15) is 19.4 Å². The lowest BCUT2D eigenvalue weighted by Crippen LogP contribution is -2.40. The molecular weight excluding hydrogens is 351 g/mol. The zero-order valence-electron chi connectivity index (χ0n) is 13.8. The predicted octanol–water partition coefficient (Wildman–Crippen LogP) is -1.70. The topological polar surface area (TPSA) is 172 Å². The summed E-state index contributed by atoms with van der Waals surface area (Å²) in [4.78, 5) is 23.0. The van der Waals surface area contributed by atoms with E-state index in [-0.39, 0.29) is 29.9 Å². The monoisotopic (exact) mass is 370 g/mol. The van der Waals surface area contributed by atoms with Gasteiger partial charge in [0.15, 0.2) is 23.2 Å².